The Kier molecular flexibility index (Phi) is 4.06. The van der Waals surface area contributed by atoms with Gasteiger partial charge < -0.3 is 11.1 Å². The zero-order valence-corrected chi connectivity index (χ0v) is 11.0. The van der Waals surface area contributed by atoms with Gasteiger partial charge in [0.1, 0.15) is 0 Å². The maximum Gasteiger partial charge on any atom is 0.0372 e. The lowest BCUT2D eigenvalue weighted by atomic mass is 9.86. The van der Waals surface area contributed by atoms with E-state index in [2.05, 4.69) is 37.4 Å². The van der Waals surface area contributed by atoms with Crippen LogP contribution in [0.15, 0.2) is 18.2 Å². The molecule has 2 nitrogen and oxygen atoms in total. The highest BCUT2D eigenvalue weighted by atomic mass is 14.9. The Morgan fingerprint density at radius 2 is 1.88 bits per heavy atom. The summed E-state index contributed by atoms with van der Waals surface area (Å²) in [5, 5.41) is 3.60. The summed E-state index contributed by atoms with van der Waals surface area (Å²) < 4.78 is 0. The largest absolute Gasteiger partial charge is 0.385 e. The van der Waals surface area contributed by atoms with Crippen molar-refractivity contribution in [2.75, 3.05) is 11.9 Å². The number of nitrogens with one attached hydrogen (secondary N) is 1. The number of rotatable bonds is 3. The average Bonchev–Trinajstić information content (AvgIpc) is 2.33. The summed E-state index contributed by atoms with van der Waals surface area (Å²) >= 11 is 0. The summed E-state index contributed by atoms with van der Waals surface area (Å²) in [5.41, 5.74) is 9.96. The molecule has 0 spiro atoms. The number of hydrogen-bond acceptors (Lipinski definition) is 2. The quantitative estimate of drug-likeness (QED) is 0.839. The molecule has 0 saturated heterocycles. The first kappa shape index (κ1) is 12.4. The summed E-state index contributed by atoms with van der Waals surface area (Å²) in [7, 11) is 0. The lowest BCUT2D eigenvalue weighted by Crippen LogP contribution is -2.29. The molecule has 94 valence electrons. The molecule has 0 aromatic heterocycles. The van der Waals surface area contributed by atoms with Crippen molar-refractivity contribution in [1.82, 2.24) is 0 Å². The first-order valence-electron chi connectivity index (χ1n) is 6.72. The monoisotopic (exact) mass is 232 g/mol. The molecule has 3 N–H and O–H groups in total. The van der Waals surface area contributed by atoms with E-state index < -0.39 is 0 Å². The van der Waals surface area contributed by atoms with Crippen LogP contribution >= 0.6 is 0 Å². The Balaban J connectivity index is 1.87. The van der Waals surface area contributed by atoms with E-state index in [-0.39, 0.29) is 0 Å². The van der Waals surface area contributed by atoms with Crippen molar-refractivity contribution in [3.05, 3.63) is 29.3 Å². The van der Waals surface area contributed by atoms with Gasteiger partial charge in [0, 0.05) is 18.3 Å². The molecule has 2 rings (SSSR count). The van der Waals surface area contributed by atoms with Crippen molar-refractivity contribution in [1.29, 1.82) is 0 Å². The van der Waals surface area contributed by atoms with E-state index in [1.807, 2.05) is 0 Å². The molecule has 1 aromatic carbocycles. The Bertz CT molecular complexity index is 365. The second-order valence-electron chi connectivity index (χ2n) is 5.41. The molecule has 0 heterocycles. The van der Waals surface area contributed by atoms with Crippen LogP contribution in [0.3, 0.4) is 0 Å². The van der Waals surface area contributed by atoms with E-state index in [1.54, 1.807) is 0 Å². The van der Waals surface area contributed by atoms with Gasteiger partial charge in [-0.1, -0.05) is 12.1 Å². The lowest BCUT2D eigenvalue weighted by Gasteiger charge is -2.26. The fourth-order valence-corrected chi connectivity index (χ4v) is 2.59. The molecule has 1 aliphatic rings. The summed E-state index contributed by atoms with van der Waals surface area (Å²) in [6.45, 7) is 5.45. The van der Waals surface area contributed by atoms with Crippen LogP contribution in [0.4, 0.5) is 5.69 Å². The van der Waals surface area contributed by atoms with E-state index in [1.165, 1.54) is 42.5 Å². The Labute approximate surface area is 105 Å². The van der Waals surface area contributed by atoms with Crippen LogP contribution in [-0.4, -0.2) is 12.6 Å². The van der Waals surface area contributed by atoms with Crippen LogP contribution in [0.1, 0.15) is 36.8 Å². The van der Waals surface area contributed by atoms with E-state index in [9.17, 15) is 0 Å². The molecule has 0 aliphatic heterocycles. The first-order valence-corrected chi connectivity index (χ1v) is 6.72. The Morgan fingerprint density at radius 1 is 1.18 bits per heavy atom. The van der Waals surface area contributed by atoms with Gasteiger partial charge in [0.2, 0.25) is 0 Å². The fraction of sp³-hybridized carbons (Fsp3) is 0.600. The highest BCUT2D eigenvalue weighted by molar-refractivity contribution is 5.53. The molecule has 2 heteroatoms. The summed E-state index contributed by atoms with van der Waals surface area (Å²) in [4.78, 5) is 0. The van der Waals surface area contributed by atoms with Crippen molar-refractivity contribution >= 4 is 5.69 Å². The van der Waals surface area contributed by atoms with Gasteiger partial charge >= 0.3 is 0 Å². The van der Waals surface area contributed by atoms with Crippen molar-refractivity contribution in [2.24, 2.45) is 11.7 Å². The molecule has 0 atom stereocenters. The predicted molar refractivity (Wildman–Crippen MR) is 74.3 cm³/mol. The molecule has 1 fully saturated rings. The topological polar surface area (TPSA) is 38.0 Å². The molecule has 0 amide bonds. The van der Waals surface area contributed by atoms with Gasteiger partial charge in [-0.3, -0.25) is 0 Å². The molecule has 0 unspecified atom stereocenters. The van der Waals surface area contributed by atoms with Crippen LogP contribution in [0.5, 0.6) is 0 Å². The van der Waals surface area contributed by atoms with Crippen LogP contribution < -0.4 is 11.1 Å². The minimum atomic E-state index is 0.451. The maximum atomic E-state index is 5.93. The molecule has 1 aliphatic carbocycles. The fourth-order valence-electron chi connectivity index (χ4n) is 2.59. The highest BCUT2D eigenvalue weighted by Gasteiger charge is 2.18. The normalized spacial score (nSPS) is 24.6. The average molecular weight is 232 g/mol. The van der Waals surface area contributed by atoms with Crippen LogP contribution in [-0.2, 0) is 0 Å². The highest BCUT2D eigenvalue weighted by Crippen LogP contribution is 2.24. The van der Waals surface area contributed by atoms with Gasteiger partial charge in [-0.2, -0.15) is 0 Å². The third kappa shape index (κ3) is 3.22. The Morgan fingerprint density at radius 3 is 2.59 bits per heavy atom. The molecule has 0 radical (unpaired) electrons. The van der Waals surface area contributed by atoms with Crippen molar-refractivity contribution in [3.63, 3.8) is 0 Å². The van der Waals surface area contributed by atoms with Gasteiger partial charge in [0.15, 0.2) is 0 Å². The molecular formula is C15H24N2. The second-order valence-corrected chi connectivity index (χ2v) is 5.41. The standard InChI is InChI=1S/C15H24N2/c1-11-4-3-5-15(12(11)2)17-10-13-6-8-14(16)9-7-13/h3-5,13-14,17H,6-10,16H2,1-2H3. The molecule has 1 aromatic rings. The van der Waals surface area contributed by atoms with Gasteiger partial charge in [-0.15, -0.1) is 0 Å². The molecule has 0 bridgehead atoms. The molecule has 17 heavy (non-hydrogen) atoms. The molecular weight excluding hydrogens is 208 g/mol. The Hall–Kier alpha value is -1.02. The number of aryl methyl sites for hydroxylation is 1. The number of nitrogens with two attached hydrogens (primary N) is 1. The lowest BCUT2D eigenvalue weighted by molar-refractivity contribution is 0.339. The zero-order valence-electron chi connectivity index (χ0n) is 11.0. The molecule has 1 saturated carbocycles. The van der Waals surface area contributed by atoms with Crippen molar-refractivity contribution in [3.8, 4) is 0 Å². The second kappa shape index (κ2) is 5.54. The third-order valence-electron chi connectivity index (χ3n) is 4.08. The van der Waals surface area contributed by atoms with Crippen molar-refractivity contribution < 1.29 is 0 Å². The van der Waals surface area contributed by atoms with Gasteiger partial charge in [0.05, 0.1) is 0 Å². The minimum absolute atomic E-state index is 0.451. The van der Waals surface area contributed by atoms with E-state index in [0.717, 1.165) is 12.5 Å². The van der Waals surface area contributed by atoms with Crippen LogP contribution in [0.2, 0.25) is 0 Å². The summed E-state index contributed by atoms with van der Waals surface area (Å²) in [6, 6.07) is 6.92. The first-order chi connectivity index (χ1) is 8.16. The summed E-state index contributed by atoms with van der Waals surface area (Å²) in [5.74, 6) is 0.801. The third-order valence-corrected chi connectivity index (χ3v) is 4.08. The van der Waals surface area contributed by atoms with E-state index >= 15 is 0 Å². The minimum Gasteiger partial charge on any atom is -0.385 e. The number of anilines is 1. The zero-order chi connectivity index (χ0) is 12.3. The van der Waals surface area contributed by atoms with Gasteiger partial charge in [-0.25, -0.2) is 0 Å². The number of hydrogen-bond donors (Lipinski definition) is 2. The van der Waals surface area contributed by atoms with Crippen molar-refractivity contribution in [2.45, 2.75) is 45.6 Å². The van der Waals surface area contributed by atoms with Crippen LogP contribution in [0, 0.1) is 19.8 Å². The van der Waals surface area contributed by atoms with Gasteiger partial charge in [0.25, 0.3) is 0 Å². The summed E-state index contributed by atoms with van der Waals surface area (Å²) in [6.07, 6.45) is 4.94. The smallest absolute Gasteiger partial charge is 0.0372 e. The maximum absolute atomic E-state index is 5.93. The number of benzene rings is 1. The van der Waals surface area contributed by atoms with E-state index in [0.29, 0.717) is 6.04 Å². The van der Waals surface area contributed by atoms with Gasteiger partial charge in [-0.05, 0) is 62.6 Å². The van der Waals surface area contributed by atoms with Crippen LogP contribution in [0.25, 0.3) is 0 Å². The predicted octanol–water partition coefficient (Wildman–Crippen LogP) is 3.23. The van der Waals surface area contributed by atoms with E-state index in [4.69, 9.17) is 5.73 Å². The SMILES string of the molecule is Cc1cccc(NCC2CCC(N)CC2)c1C.